The van der Waals surface area contributed by atoms with E-state index in [1.54, 1.807) is 0 Å². The second-order valence-electron chi connectivity index (χ2n) is 27.7. The van der Waals surface area contributed by atoms with Crippen molar-refractivity contribution in [1.82, 2.24) is 0 Å². The van der Waals surface area contributed by atoms with Gasteiger partial charge in [-0.25, -0.2) is 4.18 Å². The van der Waals surface area contributed by atoms with Gasteiger partial charge in [-0.3, -0.25) is 4.18 Å². The third-order valence-electron chi connectivity index (χ3n) is 17.1. The van der Waals surface area contributed by atoms with Gasteiger partial charge in [0.2, 0.25) is 0 Å². The van der Waals surface area contributed by atoms with Crippen LogP contribution in [0.15, 0.2) is 0 Å². The van der Waals surface area contributed by atoms with Crippen LogP contribution in [0.25, 0.3) is 0 Å². The third-order valence-corrected chi connectivity index (χ3v) is 17.9. The maximum absolute atomic E-state index is 11.0. The van der Waals surface area contributed by atoms with Crippen molar-refractivity contribution in [3.8, 4) is 0 Å². The molecule has 0 aromatic heterocycles. The monoisotopic (exact) mass is 1910 g/mol. The van der Waals surface area contributed by atoms with Crippen LogP contribution in [0.2, 0.25) is 0 Å². The first-order chi connectivity index (χ1) is 63.9. The maximum Gasteiger partial charge on any atom is 0.399 e. The smallest absolute Gasteiger partial charge is 0.394 e. The van der Waals surface area contributed by atoms with Gasteiger partial charge in [-0.1, -0.05) is 19.8 Å². The van der Waals surface area contributed by atoms with Gasteiger partial charge in [-0.2, -0.15) is 8.42 Å². The Bertz CT molecular complexity index is 2110. The molecule has 42 nitrogen and oxygen atoms in total. The molecule has 0 heterocycles. The van der Waals surface area contributed by atoms with Crippen molar-refractivity contribution in [3.05, 3.63) is 0 Å². The number of aliphatic hydroxyl groups excluding tert-OH is 1. The van der Waals surface area contributed by atoms with Gasteiger partial charge in [0, 0.05) is 12.8 Å². The van der Waals surface area contributed by atoms with Crippen LogP contribution in [-0.2, 0) is 189 Å². The molecule has 0 fully saturated rings. The van der Waals surface area contributed by atoms with Crippen LogP contribution in [0, 0.1) is 0 Å². The number of rotatable bonds is 122. The molecule has 0 bridgehead atoms. The van der Waals surface area contributed by atoms with E-state index in [1.807, 2.05) is 0 Å². The van der Waals surface area contributed by atoms with Crippen LogP contribution in [0.3, 0.4) is 0 Å². The van der Waals surface area contributed by atoms with Gasteiger partial charge >= 0.3 is 10.4 Å². The van der Waals surface area contributed by atoms with Crippen LogP contribution in [-0.4, -0.2) is 541 Å². The molecular formula is C86H176NO41S+. The van der Waals surface area contributed by atoms with Gasteiger partial charge in [-0.15, -0.1) is 0 Å². The van der Waals surface area contributed by atoms with Crippen molar-refractivity contribution >= 4 is 10.4 Å². The molecule has 0 saturated carbocycles. The summed E-state index contributed by atoms with van der Waals surface area (Å²) in [5, 5.41) is 8.64. The molecule has 43 heteroatoms. The van der Waals surface area contributed by atoms with E-state index in [1.165, 1.54) is 25.7 Å². The molecule has 0 aliphatic carbocycles. The Morgan fingerprint density at radius 3 is 0.426 bits per heavy atom. The normalized spacial score (nSPS) is 12.5. The minimum Gasteiger partial charge on any atom is -0.394 e. The Kier molecular flexibility index (Phi) is 114. The van der Waals surface area contributed by atoms with Crippen LogP contribution in [0.5, 0.6) is 0 Å². The number of aliphatic hydroxyl groups is 1. The summed E-state index contributed by atoms with van der Waals surface area (Å²) in [5.41, 5.74) is 0. The molecule has 0 aliphatic rings. The largest absolute Gasteiger partial charge is 0.399 e. The average molecular weight is 1910 g/mol. The van der Waals surface area contributed by atoms with E-state index < -0.39 is 10.4 Å². The summed E-state index contributed by atoms with van der Waals surface area (Å²) in [4.78, 5) is 0. The lowest BCUT2D eigenvalue weighted by atomic mass is 10.1. The molecule has 0 saturated heterocycles. The van der Waals surface area contributed by atoms with E-state index in [4.69, 9.17) is 176 Å². The Labute approximate surface area is 772 Å². The van der Waals surface area contributed by atoms with Crippen molar-refractivity contribution in [2.45, 2.75) is 45.4 Å². The molecule has 1 atom stereocenters. The highest BCUT2D eigenvalue weighted by atomic mass is 32.3. The van der Waals surface area contributed by atoms with Crippen LogP contribution >= 0.6 is 0 Å². The lowest BCUT2D eigenvalue weighted by molar-refractivity contribution is -0.910. The van der Waals surface area contributed by atoms with E-state index in [2.05, 4.69) is 22.3 Å². The number of hydrogen-bond acceptors (Lipinski definition) is 41. The second kappa shape index (κ2) is 115. The maximum atomic E-state index is 11.0. The Morgan fingerprint density at radius 2 is 0.295 bits per heavy atom. The Morgan fingerprint density at radius 1 is 0.171 bits per heavy atom. The van der Waals surface area contributed by atoms with Gasteiger partial charge in [-0.05, 0) is 12.8 Å². The average Bonchev–Trinajstić information content (AvgIpc) is 0.899. The fourth-order valence-corrected chi connectivity index (χ4v) is 10.7. The molecule has 1 N–H and O–H groups in total. The summed E-state index contributed by atoms with van der Waals surface area (Å²) < 4.78 is 231. The number of unbranched alkanes of at least 4 members (excludes halogenated alkanes) is 3. The van der Waals surface area contributed by atoms with Crippen molar-refractivity contribution in [2.75, 3.05) is 523 Å². The fraction of sp³-hybridized carbons (Fsp3) is 1.00. The first kappa shape index (κ1) is 127. The van der Waals surface area contributed by atoms with E-state index in [-0.39, 0.29) is 19.8 Å². The number of hydrogen-bond donors (Lipinski definition) is 1. The molecule has 0 aromatic carbocycles. The molecule has 0 amide bonds. The second-order valence-corrected chi connectivity index (χ2v) is 29.1. The van der Waals surface area contributed by atoms with Gasteiger partial charge < -0.3 is 180 Å². The Hall–Kier alpha value is -1.65. The fourth-order valence-electron chi connectivity index (χ4n) is 10.3. The highest BCUT2D eigenvalue weighted by Gasteiger charge is 2.21. The van der Waals surface area contributed by atoms with E-state index >= 15 is 0 Å². The number of ether oxygens (including phenoxy) is 36. The zero-order chi connectivity index (χ0) is 92.6. The molecule has 0 spiro atoms. The molecule has 1 unspecified atom stereocenters. The van der Waals surface area contributed by atoms with Gasteiger partial charge in [0.15, 0.2) is 0 Å². The van der Waals surface area contributed by atoms with Crippen LogP contribution in [0.4, 0.5) is 0 Å². The summed E-state index contributed by atoms with van der Waals surface area (Å²) in [6.07, 6.45) is 6.98. The SMILES string of the molecule is CCCCCC[N+](C)(CCCOCCOCCOCCOCCOCCOCCOCCOCCOCCOCCOCCOCCOCCOCCOCCOCCOCCOCCO)CCCOCCOCCOCCOCCOCCOCCOCCOCCOCCOCCOCCOCCOCCOCCOCCOCCOCCOCCOS(=O)(=O)OC. The molecule has 776 valence electrons. The molecule has 0 rings (SSSR count). The molecular weight excluding hydrogens is 1730 g/mol. The highest BCUT2D eigenvalue weighted by molar-refractivity contribution is 7.81. The van der Waals surface area contributed by atoms with Crippen LogP contribution in [0.1, 0.15) is 45.4 Å². The summed E-state index contributed by atoms with van der Waals surface area (Å²) in [5.74, 6) is 0. The van der Waals surface area contributed by atoms with Crippen molar-refractivity contribution in [1.29, 1.82) is 0 Å². The van der Waals surface area contributed by atoms with Gasteiger partial charge in [0.05, 0.1) is 523 Å². The van der Waals surface area contributed by atoms with Gasteiger partial charge in [0.1, 0.15) is 0 Å². The molecule has 0 aliphatic heterocycles. The first-order valence-electron chi connectivity index (χ1n) is 46.6. The minimum atomic E-state index is -3.94. The number of nitrogens with zero attached hydrogens (tertiary/aromatic N) is 1. The van der Waals surface area contributed by atoms with E-state index in [0.717, 1.165) is 44.1 Å². The topological polar surface area (TPSA) is 405 Å². The summed E-state index contributed by atoms with van der Waals surface area (Å²) in [6, 6.07) is 0. The molecule has 129 heavy (non-hydrogen) atoms. The van der Waals surface area contributed by atoms with Crippen LogP contribution < -0.4 is 0 Å². The van der Waals surface area contributed by atoms with Crippen molar-refractivity contribution < 1.29 is 197 Å². The summed E-state index contributed by atoms with van der Waals surface area (Å²) in [6.45, 7) is 39.7. The lowest BCUT2D eigenvalue weighted by Crippen LogP contribution is -2.47. The van der Waals surface area contributed by atoms with Crippen molar-refractivity contribution in [3.63, 3.8) is 0 Å². The third kappa shape index (κ3) is 115. The summed E-state index contributed by atoms with van der Waals surface area (Å²) in [7, 11) is -0.551. The van der Waals surface area contributed by atoms with Gasteiger partial charge in [0.25, 0.3) is 0 Å². The summed E-state index contributed by atoms with van der Waals surface area (Å²) >= 11 is 0. The Balaban J connectivity index is 3.38. The zero-order valence-electron chi connectivity index (χ0n) is 79.3. The molecule has 0 aromatic rings. The highest BCUT2D eigenvalue weighted by Crippen LogP contribution is 2.12. The predicted molar refractivity (Wildman–Crippen MR) is 473 cm³/mol. The van der Waals surface area contributed by atoms with E-state index in [0.29, 0.717) is 469 Å². The first-order valence-corrected chi connectivity index (χ1v) is 47.9. The zero-order valence-corrected chi connectivity index (χ0v) is 80.1. The quantitative estimate of drug-likeness (QED) is 0.0674. The van der Waals surface area contributed by atoms with Crippen molar-refractivity contribution in [2.24, 2.45) is 0 Å². The minimum absolute atomic E-state index is 0.0149. The molecule has 0 radical (unpaired) electrons. The standard InChI is InChI=1S/C86H176NO41S/c1-4-5-6-7-10-87(2,11-8-14-92-17-20-95-23-26-98-29-32-101-35-38-104-41-44-107-47-50-110-53-56-113-59-62-116-65-67-118-64-61-115-58-55-112-52-49-109-46-43-106-40-37-103-34-31-100-28-25-97-22-19-94-16-13-88)12-9-15-93-18-21-96-24-27-99-30-33-102-36-39-105-42-45-108-48-51-111-54-57-114-60-63-117-66-68-119-69-70-120-71-72-121-73-74-122-75-76-123-77-78-124-79-80-125-81-82-126-83-84-127-85-86-128-129(89,90)91-3/h88H,4-86H2,1-3H3/q+1. The predicted octanol–water partition coefficient (Wildman–Crippen LogP) is 2.29. The lowest BCUT2D eigenvalue weighted by Gasteiger charge is -2.35. The number of quaternary nitrogens is 1. The van der Waals surface area contributed by atoms with E-state index in [9.17, 15) is 8.42 Å².